The number of amides is 1. The maximum Gasteiger partial charge on any atom is 0.258 e. The Balaban J connectivity index is 2.46. The lowest BCUT2D eigenvalue weighted by atomic mass is 10.2. The van der Waals surface area contributed by atoms with Crippen molar-refractivity contribution in [3.8, 4) is 11.5 Å². The molecule has 0 aliphatic heterocycles. The van der Waals surface area contributed by atoms with Crippen LogP contribution in [0.4, 0.5) is 0 Å². The van der Waals surface area contributed by atoms with E-state index >= 15 is 0 Å². The van der Waals surface area contributed by atoms with Gasteiger partial charge in [-0.3, -0.25) is 4.79 Å². The highest BCUT2D eigenvalue weighted by molar-refractivity contribution is 5.83. The third kappa shape index (κ3) is 6.65. The van der Waals surface area contributed by atoms with E-state index in [9.17, 15) is 14.7 Å². The Kier molecular flexibility index (Phi) is 6.52. The number of hydrogen-bond acceptors (Lipinski definition) is 5. The maximum absolute atomic E-state index is 11.5. The summed E-state index contributed by atoms with van der Waals surface area (Å²) in [6.45, 7) is 5.73. The molecule has 0 radical (unpaired) electrons. The molecule has 1 amide bonds. The van der Waals surface area contributed by atoms with Gasteiger partial charge in [0.1, 0.15) is 11.5 Å². The number of rotatable bonds is 8. The highest BCUT2D eigenvalue weighted by Gasteiger charge is 2.09. The number of carbonyl (C=O) groups is 2. The van der Waals surface area contributed by atoms with Crippen molar-refractivity contribution in [1.82, 2.24) is 5.32 Å². The summed E-state index contributed by atoms with van der Waals surface area (Å²) in [6, 6.07) is 5.87. The lowest BCUT2D eigenvalue weighted by Gasteiger charge is -2.15. The molecule has 1 atom stereocenters. The van der Waals surface area contributed by atoms with Crippen LogP contribution in [0.25, 0.3) is 0 Å². The number of carbonyl (C=O) groups excluding carboxylic acids is 2. The maximum atomic E-state index is 11.5. The van der Waals surface area contributed by atoms with Gasteiger partial charge in [-0.15, -0.1) is 0 Å². The van der Waals surface area contributed by atoms with Crippen LogP contribution in [0.15, 0.2) is 24.3 Å². The molecule has 6 heteroatoms. The van der Waals surface area contributed by atoms with Crippen molar-refractivity contribution in [3.05, 3.63) is 24.3 Å². The number of aliphatic carboxylic acids is 1. The molecule has 0 aromatic heterocycles. The Morgan fingerprint density at radius 2 is 1.81 bits per heavy atom. The van der Waals surface area contributed by atoms with Crippen LogP contribution < -0.4 is 19.9 Å². The Bertz CT molecular complexity index is 487. The monoisotopic (exact) mass is 294 g/mol. The lowest BCUT2D eigenvalue weighted by molar-refractivity contribution is -0.307. The average Bonchev–Trinajstić information content (AvgIpc) is 2.43. The van der Waals surface area contributed by atoms with Gasteiger partial charge in [-0.1, -0.05) is 19.9 Å². The van der Waals surface area contributed by atoms with Gasteiger partial charge < -0.3 is 24.7 Å². The second-order valence-corrected chi connectivity index (χ2v) is 5.08. The van der Waals surface area contributed by atoms with E-state index in [0.29, 0.717) is 24.0 Å². The molecule has 6 nitrogen and oxygen atoms in total. The largest absolute Gasteiger partial charge is 0.548 e. The summed E-state index contributed by atoms with van der Waals surface area (Å²) in [5, 5.41) is 12.7. The molecule has 0 aliphatic rings. The molecule has 0 saturated heterocycles. The molecule has 0 aliphatic carbocycles. The molecule has 0 saturated carbocycles. The summed E-state index contributed by atoms with van der Waals surface area (Å²) in [5.74, 6) is -0.323. The van der Waals surface area contributed by atoms with Crippen LogP contribution in [-0.4, -0.2) is 31.1 Å². The quantitative estimate of drug-likeness (QED) is 0.747. The van der Waals surface area contributed by atoms with Gasteiger partial charge in [0.2, 0.25) is 0 Å². The number of carboxylic acids is 1. The third-order valence-corrected chi connectivity index (χ3v) is 2.49. The smallest absolute Gasteiger partial charge is 0.258 e. The van der Waals surface area contributed by atoms with Crippen molar-refractivity contribution < 1.29 is 24.2 Å². The van der Waals surface area contributed by atoms with Gasteiger partial charge >= 0.3 is 0 Å². The predicted molar refractivity (Wildman–Crippen MR) is 74.9 cm³/mol. The van der Waals surface area contributed by atoms with Crippen molar-refractivity contribution in [3.63, 3.8) is 0 Å². The highest BCUT2D eigenvalue weighted by Crippen LogP contribution is 2.19. The van der Waals surface area contributed by atoms with Crippen LogP contribution in [-0.2, 0) is 9.59 Å². The molecule has 1 aromatic rings. The van der Waals surface area contributed by atoms with Crippen LogP contribution in [0.3, 0.4) is 0 Å². The van der Waals surface area contributed by atoms with Gasteiger partial charge in [-0.25, -0.2) is 0 Å². The SMILES string of the molecule is CC(C)COc1cccc(OCC(=O)N[C@H](C)C(=O)[O-])c1. The minimum absolute atomic E-state index is 0.273. The second kappa shape index (κ2) is 8.14. The van der Waals surface area contributed by atoms with E-state index in [1.54, 1.807) is 24.3 Å². The fourth-order valence-electron chi connectivity index (χ4n) is 1.41. The van der Waals surface area contributed by atoms with Crippen LogP contribution in [0, 0.1) is 5.92 Å². The van der Waals surface area contributed by atoms with E-state index in [2.05, 4.69) is 5.32 Å². The van der Waals surface area contributed by atoms with Crippen molar-refractivity contribution in [2.45, 2.75) is 26.8 Å². The molecule has 0 unspecified atom stereocenters. The molecule has 116 valence electrons. The van der Waals surface area contributed by atoms with Gasteiger partial charge in [0, 0.05) is 6.07 Å². The average molecular weight is 294 g/mol. The first-order valence-corrected chi connectivity index (χ1v) is 6.74. The summed E-state index contributed by atoms with van der Waals surface area (Å²) in [4.78, 5) is 22.0. The number of carboxylic acid groups (broad SMARTS) is 1. The van der Waals surface area contributed by atoms with Gasteiger partial charge in [-0.05, 0) is 25.0 Å². The fraction of sp³-hybridized carbons (Fsp3) is 0.467. The second-order valence-electron chi connectivity index (χ2n) is 5.08. The Labute approximate surface area is 124 Å². The number of nitrogens with one attached hydrogen (secondary N) is 1. The summed E-state index contributed by atoms with van der Waals surface area (Å²) >= 11 is 0. The van der Waals surface area contributed by atoms with Crippen molar-refractivity contribution in [2.24, 2.45) is 5.92 Å². The molecule has 1 aromatic carbocycles. The van der Waals surface area contributed by atoms with Crippen molar-refractivity contribution in [1.29, 1.82) is 0 Å². The number of ether oxygens (including phenoxy) is 2. The molecule has 21 heavy (non-hydrogen) atoms. The van der Waals surface area contributed by atoms with Crippen LogP contribution in [0.2, 0.25) is 0 Å². The molecule has 1 rings (SSSR count). The molecule has 0 bridgehead atoms. The van der Waals surface area contributed by atoms with E-state index in [1.165, 1.54) is 6.92 Å². The minimum Gasteiger partial charge on any atom is -0.548 e. The number of benzene rings is 1. The normalized spacial score (nSPS) is 11.8. The van der Waals surface area contributed by atoms with Gasteiger partial charge in [0.25, 0.3) is 5.91 Å². The Morgan fingerprint density at radius 3 is 2.38 bits per heavy atom. The molecular weight excluding hydrogens is 274 g/mol. The predicted octanol–water partition coefficient (Wildman–Crippen LogP) is 0.355. The molecule has 1 N–H and O–H groups in total. The summed E-state index contributed by atoms with van der Waals surface area (Å²) < 4.78 is 10.8. The van der Waals surface area contributed by atoms with E-state index < -0.39 is 17.9 Å². The van der Waals surface area contributed by atoms with Crippen LogP contribution >= 0.6 is 0 Å². The molecular formula is C15H20NO5-. The van der Waals surface area contributed by atoms with Crippen LogP contribution in [0.5, 0.6) is 11.5 Å². The van der Waals surface area contributed by atoms with Crippen molar-refractivity contribution in [2.75, 3.05) is 13.2 Å². The van der Waals surface area contributed by atoms with E-state index in [-0.39, 0.29) is 6.61 Å². The van der Waals surface area contributed by atoms with Crippen LogP contribution in [0.1, 0.15) is 20.8 Å². The Morgan fingerprint density at radius 1 is 1.19 bits per heavy atom. The first-order chi connectivity index (χ1) is 9.88. The fourth-order valence-corrected chi connectivity index (χ4v) is 1.41. The topological polar surface area (TPSA) is 87.7 Å². The number of hydrogen-bond donors (Lipinski definition) is 1. The Hall–Kier alpha value is -2.24. The zero-order valence-electron chi connectivity index (χ0n) is 12.4. The van der Waals surface area contributed by atoms with Gasteiger partial charge in [-0.2, -0.15) is 0 Å². The third-order valence-electron chi connectivity index (χ3n) is 2.49. The molecule has 0 spiro atoms. The van der Waals surface area contributed by atoms with E-state index in [4.69, 9.17) is 9.47 Å². The van der Waals surface area contributed by atoms with Crippen molar-refractivity contribution >= 4 is 11.9 Å². The summed E-state index contributed by atoms with van der Waals surface area (Å²) in [6.07, 6.45) is 0. The standard InChI is InChI=1S/C15H21NO5/c1-10(2)8-20-12-5-4-6-13(7-12)21-9-14(17)16-11(3)15(18)19/h4-7,10-11H,8-9H2,1-3H3,(H,16,17)(H,18,19)/p-1/t11-/m1/s1. The summed E-state index contributed by atoms with van der Waals surface area (Å²) in [5.41, 5.74) is 0. The van der Waals surface area contributed by atoms with Gasteiger partial charge in [0.15, 0.2) is 6.61 Å². The lowest BCUT2D eigenvalue weighted by Crippen LogP contribution is -2.47. The zero-order valence-corrected chi connectivity index (χ0v) is 12.4. The van der Waals surface area contributed by atoms with E-state index in [0.717, 1.165) is 0 Å². The van der Waals surface area contributed by atoms with E-state index in [1.807, 2.05) is 13.8 Å². The first kappa shape index (κ1) is 16.8. The zero-order chi connectivity index (χ0) is 15.8. The first-order valence-electron chi connectivity index (χ1n) is 6.74. The minimum atomic E-state index is -1.34. The van der Waals surface area contributed by atoms with Gasteiger partial charge in [0.05, 0.1) is 18.6 Å². The molecule has 0 heterocycles. The highest BCUT2D eigenvalue weighted by atomic mass is 16.5. The molecule has 0 fully saturated rings. The summed E-state index contributed by atoms with van der Waals surface area (Å²) in [7, 11) is 0.